The number of fused-ring (bicyclic) bond motifs is 7. The molecule has 0 N–H and O–H groups in total. The summed E-state index contributed by atoms with van der Waals surface area (Å²) in [6.07, 6.45) is 7.86. The Kier molecular flexibility index (Phi) is 7.35. The lowest BCUT2D eigenvalue weighted by atomic mass is 9.73. The third-order valence-corrected chi connectivity index (χ3v) is 9.42. The lowest BCUT2D eigenvalue weighted by Gasteiger charge is -2.39. The molecule has 7 rings (SSSR count). The first-order valence-corrected chi connectivity index (χ1v) is 15.3. The van der Waals surface area contributed by atoms with Crippen molar-refractivity contribution in [2.45, 2.75) is 69.2 Å². The van der Waals surface area contributed by atoms with Crippen molar-refractivity contribution in [1.29, 1.82) is 0 Å². The van der Waals surface area contributed by atoms with E-state index in [0.29, 0.717) is 5.75 Å². The third-order valence-electron chi connectivity index (χ3n) is 9.42. The summed E-state index contributed by atoms with van der Waals surface area (Å²) >= 11 is 0. The molecule has 4 atom stereocenters. The maximum absolute atomic E-state index is 7.13. The number of hydrogen-bond donors (Lipinski definition) is 0. The van der Waals surface area contributed by atoms with Gasteiger partial charge in [0.25, 0.3) is 0 Å². The molecule has 0 saturated carbocycles. The minimum atomic E-state index is -0.651. The van der Waals surface area contributed by atoms with Gasteiger partial charge in [0.15, 0.2) is 5.75 Å². The monoisotopic (exact) mass is 558 g/mol. The zero-order chi connectivity index (χ0) is 28.5. The van der Waals surface area contributed by atoms with Crippen molar-refractivity contribution in [1.82, 2.24) is 0 Å². The molecule has 0 spiro atoms. The number of ether oxygens (including phenoxy) is 2. The second kappa shape index (κ2) is 11.4. The fourth-order valence-electron chi connectivity index (χ4n) is 7.06. The van der Waals surface area contributed by atoms with Gasteiger partial charge in [0, 0.05) is 11.5 Å². The quantitative estimate of drug-likeness (QED) is 0.169. The lowest BCUT2D eigenvalue weighted by molar-refractivity contribution is -0.247. The first kappa shape index (κ1) is 27.0. The van der Waals surface area contributed by atoms with Crippen LogP contribution in [0.5, 0.6) is 11.5 Å². The van der Waals surface area contributed by atoms with Gasteiger partial charge in [0.1, 0.15) is 12.4 Å². The van der Waals surface area contributed by atoms with Crippen LogP contribution in [0.4, 0.5) is 0 Å². The summed E-state index contributed by atoms with van der Waals surface area (Å²) in [5.74, 6) is 1.72. The number of aryl methyl sites for hydroxylation is 2. The van der Waals surface area contributed by atoms with Gasteiger partial charge in [-0.15, -0.1) is 0 Å². The Morgan fingerprint density at radius 3 is 2.48 bits per heavy atom. The molecule has 1 aliphatic heterocycles. The second-order valence-corrected chi connectivity index (χ2v) is 12.1. The van der Waals surface area contributed by atoms with Crippen LogP contribution in [0.3, 0.4) is 0 Å². The molecule has 214 valence electrons. The van der Waals surface area contributed by atoms with E-state index in [2.05, 4.69) is 74.2 Å². The van der Waals surface area contributed by atoms with Crippen LogP contribution in [0.1, 0.15) is 71.0 Å². The Morgan fingerprint density at radius 1 is 0.857 bits per heavy atom. The molecule has 0 saturated heterocycles. The van der Waals surface area contributed by atoms with E-state index in [1.165, 1.54) is 40.7 Å². The topological polar surface area (TPSA) is 36.9 Å². The molecule has 0 amide bonds. The average Bonchev–Trinajstić information content (AvgIpc) is 3.23. The number of hydrogen-bond acceptors (Lipinski definition) is 4. The van der Waals surface area contributed by atoms with Crippen molar-refractivity contribution in [3.8, 4) is 11.5 Å². The molecule has 1 heterocycles. The average molecular weight is 559 g/mol. The number of benzene rings is 4. The molecule has 4 nitrogen and oxygen atoms in total. The van der Waals surface area contributed by atoms with Crippen LogP contribution in [-0.4, -0.2) is 19.0 Å². The standard InChI is InChI=1S/C38H38O4/c1-3-26-17-21-30(22-18-26)42-39-25-38(2,29-13-5-4-6-14-29)37-40-33-23-19-27-11-7-9-15-31(27)35(33)36-32-16-10-8-12-28(32)20-24-34(36)41-37/h3-7,9,11,13-15,17-18,20-22,24,33,35,37H,1,8,10,12,16,19,23,25H2,2H3/t33?,35-,37?,38-/m0/s1. The molecule has 2 unspecified atom stereocenters. The Morgan fingerprint density at radius 2 is 1.64 bits per heavy atom. The lowest BCUT2D eigenvalue weighted by Crippen LogP contribution is -2.48. The second-order valence-electron chi connectivity index (χ2n) is 12.1. The van der Waals surface area contributed by atoms with Crippen LogP contribution in [0.15, 0.2) is 97.6 Å². The summed E-state index contributed by atoms with van der Waals surface area (Å²) in [6, 6.07) is 31.5. The van der Waals surface area contributed by atoms with E-state index in [9.17, 15) is 0 Å². The van der Waals surface area contributed by atoms with Gasteiger partial charge < -0.3 is 14.4 Å². The summed E-state index contributed by atoms with van der Waals surface area (Å²) < 4.78 is 14.1. The Balaban J connectivity index is 1.28. The summed E-state index contributed by atoms with van der Waals surface area (Å²) in [6.45, 7) is 6.24. The maximum atomic E-state index is 7.13. The summed E-state index contributed by atoms with van der Waals surface area (Å²) in [7, 11) is 0. The fraction of sp³-hybridized carbons (Fsp3) is 0.316. The molecule has 0 fully saturated rings. The van der Waals surface area contributed by atoms with E-state index in [1.807, 2.05) is 36.4 Å². The van der Waals surface area contributed by atoms with Gasteiger partial charge in [-0.2, -0.15) is 4.89 Å². The van der Waals surface area contributed by atoms with Crippen molar-refractivity contribution < 1.29 is 19.2 Å². The predicted molar refractivity (Wildman–Crippen MR) is 166 cm³/mol. The van der Waals surface area contributed by atoms with Crippen molar-refractivity contribution in [2.24, 2.45) is 0 Å². The highest BCUT2D eigenvalue weighted by Gasteiger charge is 2.47. The highest BCUT2D eigenvalue weighted by Crippen LogP contribution is 2.50. The van der Waals surface area contributed by atoms with Gasteiger partial charge in [-0.1, -0.05) is 85.5 Å². The van der Waals surface area contributed by atoms with E-state index in [0.717, 1.165) is 42.6 Å². The Hall–Kier alpha value is -3.86. The van der Waals surface area contributed by atoms with E-state index in [1.54, 1.807) is 0 Å². The molecule has 4 heteroatoms. The van der Waals surface area contributed by atoms with Crippen LogP contribution >= 0.6 is 0 Å². The third kappa shape index (κ3) is 4.93. The smallest absolute Gasteiger partial charge is 0.212 e. The number of rotatable bonds is 7. The van der Waals surface area contributed by atoms with Gasteiger partial charge in [-0.05, 0) is 97.0 Å². The van der Waals surface area contributed by atoms with Gasteiger partial charge in [0.2, 0.25) is 6.29 Å². The van der Waals surface area contributed by atoms with Gasteiger partial charge in [-0.25, -0.2) is 0 Å². The van der Waals surface area contributed by atoms with Crippen molar-refractivity contribution in [3.05, 3.63) is 137 Å². The first-order chi connectivity index (χ1) is 20.6. The molecule has 0 bridgehead atoms. The van der Waals surface area contributed by atoms with Gasteiger partial charge in [-0.3, -0.25) is 0 Å². The van der Waals surface area contributed by atoms with E-state index >= 15 is 0 Å². The predicted octanol–water partition coefficient (Wildman–Crippen LogP) is 8.36. The zero-order valence-corrected chi connectivity index (χ0v) is 24.3. The highest BCUT2D eigenvalue weighted by molar-refractivity contribution is 5.55. The molecule has 3 aliphatic rings. The largest absolute Gasteiger partial charge is 0.464 e. The normalized spacial score (nSPS) is 22.2. The molecule has 0 aromatic heterocycles. The van der Waals surface area contributed by atoms with Crippen LogP contribution in [0.2, 0.25) is 0 Å². The molecular weight excluding hydrogens is 520 g/mol. The SMILES string of the molecule is C=Cc1ccc(OOC[C@@](C)(c2ccccc2)C2Oc3ccc4c(c3[C@H]3c5ccccc5CCC3O2)CCCC4)cc1. The molecule has 4 aromatic rings. The maximum Gasteiger partial charge on any atom is 0.212 e. The first-order valence-electron chi connectivity index (χ1n) is 15.3. The molecule has 0 radical (unpaired) electrons. The van der Waals surface area contributed by atoms with E-state index < -0.39 is 11.7 Å². The van der Waals surface area contributed by atoms with Crippen LogP contribution in [0.25, 0.3) is 6.08 Å². The van der Waals surface area contributed by atoms with Crippen LogP contribution < -0.4 is 9.62 Å². The summed E-state index contributed by atoms with van der Waals surface area (Å²) in [5.41, 5.74) is 8.53. The zero-order valence-electron chi connectivity index (χ0n) is 24.3. The Bertz CT molecular complexity index is 1560. The molecule has 2 aliphatic carbocycles. The minimum absolute atomic E-state index is 0.00465. The van der Waals surface area contributed by atoms with Crippen molar-refractivity contribution >= 4 is 6.08 Å². The summed E-state index contributed by atoms with van der Waals surface area (Å²) in [4.78, 5) is 11.8. The van der Waals surface area contributed by atoms with Crippen LogP contribution in [0, 0.1) is 0 Å². The molecule has 4 aromatic carbocycles. The molecule has 42 heavy (non-hydrogen) atoms. The van der Waals surface area contributed by atoms with Gasteiger partial charge in [0.05, 0.1) is 11.5 Å². The van der Waals surface area contributed by atoms with Crippen molar-refractivity contribution in [2.75, 3.05) is 6.61 Å². The minimum Gasteiger partial charge on any atom is -0.464 e. The van der Waals surface area contributed by atoms with E-state index in [4.69, 9.17) is 19.2 Å². The molecular formula is C38H38O4. The fourth-order valence-corrected chi connectivity index (χ4v) is 7.06. The Labute approximate surface area is 248 Å². The van der Waals surface area contributed by atoms with Crippen molar-refractivity contribution in [3.63, 3.8) is 0 Å². The van der Waals surface area contributed by atoms with Crippen LogP contribution in [-0.2, 0) is 34.3 Å². The summed E-state index contributed by atoms with van der Waals surface area (Å²) in [5, 5.41) is 0. The van der Waals surface area contributed by atoms with Gasteiger partial charge >= 0.3 is 0 Å². The highest BCUT2D eigenvalue weighted by atomic mass is 17.2. The van der Waals surface area contributed by atoms with E-state index in [-0.39, 0.29) is 18.6 Å².